The quantitative estimate of drug-likeness (QED) is 0.750. The molecule has 8 heteroatoms. The number of ether oxygens (including phenoxy) is 1. The zero-order valence-corrected chi connectivity index (χ0v) is 16.0. The van der Waals surface area contributed by atoms with Crippen LogP contribution in [0.1, 0.15) is 12.5 Å². The lowest BCUT2D eigenvalue weighted by Crippen LogP contribution is -2.37. The highest BCUT2D eigenvalue weighted by Gasteiger charge is 2.23. The minimum atomic E-state index is -3.70. The normalized spacial score (nSPS) is 10.7. The lowest BCUT2D eigenvalue weighted by molar-refractivity contribution is -0.114. The molecule has 0 heterocycles. The first-order chi connectivity index (χ1) is 12.8. The summed E-state index contributed by atoms with van der Waals surface area (Å²) in [5.41, 5.74) is 1.66. The van der Waals surface area contributed by atoms with Crippen molar-refractivity contribution in [3.05, 3.63) is 54.1 Å². The van der Waals surface area contributed by atoms with E-state index in [1.807, 2.05) is 6.07 Å². The first-order valence-corrected chi connectivity index (χ1v) is 10.1. The summed E-state index contributed by atoms with van der Waals surface area (Å²) in [4.78, 5) is 12.4. The Kier molecular flexibility index (Phi) is 6.79. The highest BCUT2D eigenvalue weighted by molar-refractivity contribution is 7.92. The molecule has 0 atom stereocenters. The van der Waals surface area contributed by atoms with Crippen LogP contribution >= 0.6 is 0 Å². The number of sulfonamides is 1. The number of hydrogen-bond acceptors (Lipinski definition) is 5. The van der Waals surface area contributed by atoms with Crippen molar-refractivity contribution in [1.29, 1.82) is 5.26 Å². The molecule has 0 saturated heterocycles. The standard InChI is InChI=1S/C19H21N3O4S/c1-3-26-18-7-5-4-6-17(18)22(27(2,24)25)14-19(23)21-16-10-8-15(9-11-16)12-13-20/h4-11H,3,12,14H2,1-2H3,(H,21,23). The van der Waals surface area contributed by atoms with Crippen LogP contribution < -0.4 is 14.4 Å². The van der Waals surface area contributed by atoms with Gasteiger partial charge in [-0.15, -0.1) is 0 Å². The van der Waals surface area contributed by atoms with Crippen LogP contribution in [-0.2, 0) is 21.2 Å². The van der Waals surface area contributed by atoms with Gasteiger partial charge in [0.05, 0.1) is 31.0 Å². The zero-order chi connectivity index (χ0) is 19.9. The molecule has 1 amide bonds. The van der Waals surface area contributed by atoms with Gasteiger partial charge in [0.2, 0.25) is 15.9 Å². The number of nitrogens with zero attached hydrogens (tertiary/aromatic N) is 2. The van der Waals surface area contributed by atoms with Crippen LogP contribution in [0, 0.1) is 11.3 Å². The van der Waals surface area contributed by atoms with Crippen LogP contribution in [0.3, 0.4) is 0 Å². The van der Waals surface area contributed by atoms with E-state index in [0.29, 0.717) is 23.7 Å². The van der Waals surface area contributed by atoms with Gasteiger partial charge in [-0.25, -0.2) is 8.42 Å². The highest BCUT2D eigenvalue weighted by Crippen LogP contribution is 2.29. The van der Waals surface area contributed by atoms with Crippen molar-refractivity contribution in [2.24, 2.45) is 0 Å². The summed E-state index contributed by atoms with van der Waals surface area (Å²) in [6.45, 7) is 1.78. The Morgan fingerprint density at radius 3 is 2.44 bits per heavy atom. The number of carbonyl (C=O) groups excluding carboxylic acids is 1. The van der Waals surface area contributed by atoms with E-state index in [1.54, 1.807) is 55.5 Å². The number of amides is 1. The van der Waals surface area contributed by atoms with E-state index in [4.69, 9.17) is 10.00 Å². The molecule has 0 spiro atoms. The van der Waals surface area contributed by atoms with Crippen LogP contribution in [0.25, 0.3) is 0 Å². The lowest BCUT2D eigenvalue weighted by Gasteiger charge is -2.24. The van der Waals surface area contributed by atoms with E-state index in [1.165, 1.54) is 0 Å². The number of para-hydroxylation sites is 2. The second kappa shape index (κ2) is 9.05. The Morgan fingerprint density at radius 1 is 1.19 bits per heavy atom. The third-order valence-corrected chi connectivity index (χ3v) is 4.77. The lowest BCUT2D eigenvalue weighted by atomic mass is 10.1. The molecule has 0 aliphatic rings. The summed E-state index contributed by atoms with van der Waals surface area (Å²) in [5.74, 6) is -0.0983. The van der Waals surface area contributed by atoms with Gasteiger partial charge in [0.15, 0.2) is 0 Å². The number of hydrogen-bond donors (Lipinski definition) is 1. The fourth-order valence-corrected chi connectivity index (χ4v) is 3.31. The molecule has 2 rings (SSSR count). The average Bonchev–Trinajstić information content (AvgIpc) is 2.62. The van der Waals surface area contributed by atoms with Gasteiger partial charge in [0, 0.05) is 5.69 Å². The van der Waals surface area contributed by atoms with E-state index in [9.17, 15) is 13.2 Å². The Hall–Kier alpha value is -3.05. The van der Waals surface area contributed by atoms with Crippen molar-refractivity contribution >= 4 is 27.3 Å². The molecular weight excluding hydrogens is 366 g/mol. The van der Waals surface area contributed by atoms with Crippen molar-refractivity contribution in [1.82, 2.24) is 0 Å². The molecule has 27 heavy (non-hydrogen) atoms. The monoisotopic (exact) mass is 387 g/mol. The molecule has 2 aromatic carbocycles. The fraction of sp³-hybridized carbons (Fsp3) is 0.263. The summed E-state index contributed by atoms with van der Waals surface area (Å²) >= 11 is 0. The molecule has 0 radical (unpaired) electrons. The molecule has 142 valence electrons. The van der Waals surface area contributed by atoms with Crippen molar-refractivity contribution < 1.29 is 17.9 Å². The van der Waals surface area contributed by atoms with E-state index in [2.05, 4.69) is 5.32 Å². The van der Waals surface area contributed by atoms with Gasteiger partial charge in [0.1, 0.15) is 12.3 Å². The minimum Gasteiger partial charge on any atom is -0.492 e. The summed E-state index contributed by atoms with van der Waals surface area (Å²) in [5, 5.41) is 11.4. The molecule has 0 aliphatic heterocycles. The van der Waals surface area contributed by atoms with E-state index in [0.717, 1.165) is 16.1 Å². The maximum Gasteiger partial charge on any atom is 0.245 e. The largest absolute Gasteiger partial charge is 0.492 e. The zero-order valence-electron chi connectivity index (χ0n) is 15.2. The van der Waals surface area contributed by atoms with Gasteiger partial charge >= 0.3 is 0 Å². The highest BCUT2D eigenvalue weighted by atomic mass is 32.2. The summed E-state index contributed by atoms with van der Waals surface area (Å²) < 4.78 is 31.0. The van der Waals surface area contributed by atoms with Crippen LogP contribution in [0.15, 0.2) is 48.5 Å². The number of carbonyl (C=O) groups is 1. The molecular formula is C19H21N3O4S. The third kappa shape index (κ3) is 5.72. The SMILES string of the molecule is CCOc1ccccc1N(CC(=O)Nc1ccc(CC#N)cc1)S(C)(=O)=O. The maximum absolute atomic E-state index is 12.4. The van der Waals surface area contributed by atoms with Crippen molar-refractivity contribution in [3.63, 3.8) is 0 Å². The van der Waals surface area contributed by atoms with E-state index < -0.39 is 15.9 Å². The topological polar surface area (TPSA) is 99.5 Å². The van der Waals surface area contributed by atoms with Gasteiger partial charge in [-0.3, -0.25) is 9.10 Å². The van der Waals surface area contributed by atoms with E-state index in [-0.39, 0.29) is 13.0 Å². The second-order valence-corrected chi connectivity index (χ2v) is 7.66. The maximum atomic E-state index is 12.4. The Bertz CT molecular complexity index is 934. The van der Waals surface area contributed by atoms with Crippen LogP contribution in [-0.4, -0.2) is 33.7 Å². The molecule has 0 bridgehead atoms. The van der Waals surface area contributed by atoms with Crippen LogP contribution in [0.4, 0.5) is 11.4 Å². The van der Waals surface area contributed by atoms with Crippen molar-refractivity contribution in [2.75, 3.05) is 29.0 Å². The van der Waals surface area contributed by atoms with Gasteiger partial charge in [-0.05, 0) is 36.8 Å². The molecule has 0 fully saturated rings. The van der Waals surface area contributed by atoms with Crippen LogP contribution in [0.2, 0.25) is 0 Å². The number of nitriles is 1. The molecule has 2 aromatic rings. The predicted molar refractivity (Wildman–Crippen MR) is 104 cm³/mol. The molecule has 0 aliphatic carbocycles. The average molecular weight is 387 g/mol. The van der Waals surface area contributed by atoms with Crippen LogP contribution in [0.5, 0.6) is 5.75 Å². The second-order valence-electron chi connectivity index (χ2n) is 5.75. The number of benzene rings is 2. The molecule has 0 saturated carbocycles. The van der Waals surface area contributed by atoms with Gasteiger partial charge in [-0.1, -0.05) is 24.3 Å². The van der Waals surface area contributed by atoms with Gasteiger partial charge in [0.25, 0.3) is 0 Å². The molecule has 0 unspecified atom stereocenters. The Labute approximate surface area is 159 Å². The Morgan fingerprint density at radius 2 is 1.85 bits per heavy atom. The van der Waals surface area contributed by atoms with Crippen molar-refractivity contribution in [2.45, 2.75) is 13.3 Å². The number of nitrogens with one attached hydrogen (secondary N) is 1. The molecule has 7 nitrogen and oxygen atoms in total. The Balaban J connectivity index is 2.19. The van der Waals surface area contributed by atoms with Crippen molar-refractivity contribution in [3.8, 4) is 11.8 Å². The van der Waals surface area contributed by atoms with E-state index >= 15 is 0 Å². The van der Waals surface area contributed by atoms with Gasteiger partial charge in [-0.2, -0.15) is 5.26 Å². The third-order valence-electron chi connectivity index (χ3n) is 3.64. The summed E-state index contributed by atoms with van der Waals surface area (Å²) in [6, 6.07) is 15.5. The fourth-order valence-electron chi connectivity index (χ4n) is 2.45. The molecule has 0 aromatic heterocycles. The summed E-state index contributed by atoms with van der Waals surface area (Å²) in [7, 11) is -3.70. The predicted octanol–water partition coefficient (Wildman–Crippen LogP) is 2.56. The smallest absolute Gasteiger partial charge is 0.245 e. The number of anilines is 2. The van der Waals surface area contributed by atoms with Gasteiger partial charge < -0.3 is 10.1 Å². The minimum absolute atomic E-state index is 0.282. The number of rotatable bonds is 8. The molecule has 1 N–H and O–H groups in total. The first-order valence-electron chi connectivity index (χ1n) is 8.30. The first kappa shape index (κ1) is 20.3. The summed E-state index contributed by atoms with van der Waals surface area (Å²) in [6.07, 6.45) is 1.32.